The Bertz CT molecular complexity index is 954. The minimum absolute atomic E-state index is 0.109. The van der Waals surface area contributed by atoms with Crippen LogP contribution in [0.15, 0.2) is 48.5 Å². The second kappa shape index (κ2) is 12.0. The van der Waals surface area contributed by atoms with E-state index in [1.807, 2.05) is 18.2 Å². The van der Waals surface area contributed by atoms with E-state index in [-0.39, 0.29) is 11.8 Å². The summed E-state index contributed by atoms with van der Waals surface area (Å²) in [5.74, 6) is -0.261. The molecule has 2 aromatic carbocycles. The molecular formula is C26H35N5O3. The van der Waals surface area contributed by atoms with Gasteiger partial charge in [-0.05, 0) is 23.8 Å². The summed E-state index contributed by atoms with van der Waals surface area (Å²) in [7, 11) is 0. The first kappa shape index (κ1) is 24.2. The van der Waals surface area contributed by atoms with Gasteiger partial charge in [-0.2, -0.15) is 0 Å². The summed E-state index contributed by atoms with van der Waals surface area (Å²) in [6, 6.07) is 16.1. The zero-order chi connectivity index (χ0) is 23.8. The van der Waals surface area contributed by atoms with E-state index in [2.05, 4.69) is 49.6 Å². The zero-order valence-electron chi connectivity index (χ0n) is 20.0. The monoisotopic (exact) mass is 465 g/mol. The van der Waals surface area contributed by atoms with Crippen LogP contribution in [0.1, 0.15) is 22.8 Å². The maximum absolute atomic E-state index is 13.2. The molecular weight excluding hydrogens is 430 g/mol. The van der Waals surface area contributed by atoms with Crippen molar-refractivity contribution in [2.45, 2.75) is 13.5 Å². The summed E-state index contributed by atoms with van der Waals surface area (Å²) in [6.45, 7) is 10.6. The third-order valence-electron chi connectivity index (χ3n) is 6.34. The molecule has 8 nitrogen and oxygen atoms in total. The quantitative estimate of drug-likeness (QED) is 0.621. The first-order valence-electron chi connectivity index (χ1n) is 12.1. The van der Waals surface area contributed by atoms with E-state index in [0.29, 0.717) is 17.8 Å². The van der Waals surface area contributed by atoms with E-state index < -0.39 is 0 Å². The van der Waals surface area contributed by atoms with Gasteiger partial charge < -0.3 is 20.3 Å². The summed E-state index contributed by atoms with van der Waals surface area (Å²) < 4.78 is 5.39. The summed E-state index contributed by atoms with van der Waals surface area (Å²) in [5.41, 5.74) is 3.47. The van der Waals surface area contributed by atoms with Crippen LogP contribution in [-0.4, -0.2) is 87.2 Å². The lowest BCUT2D eigenvalue weighted by molar-refractivity contribution is -0.114. The number of nitrogens with zero attached hydrogens (tertiary/aromatic N) is 3. The predicted molar refractivity (Wildman–Crippen MR) is 134 cm³/mol. The Morgan fingerprint density at radius 1 is 0.912 bits per heavy atom. The number of morpholine rings is 1. The van der Waals surface area contributed by atoms with Crippen molar-refractivity contribution in [3.63, 3.8) is 0 Å². The second-order valence-corrected chi connectivity index (χ2v) is 8.87. The van der Waals surface area contributed by atoms with Gasteiger partial charge in [-0.3, -0.25) is 19.4 Å². The molecule has 2 aromatic rings. The number of amides is 2. The number of hydrogen-bond acceptors (Lipinski definition) is 6. The van der Waals surface area contributed by atoms with E-state index in [1.165, 1.54) is 12.5 Å². The lowest BCUT2D eigenvalue weighted by Gasteiger charge is -2.37. The molecule has 0 saturated carbocycles. The van der Waals surface area contributed by atoms with Crippen molar-refractivity contribution in [3.05, 3.63) is 59.7 Å². The van der Waals surface area contributed by atoms with Crippen LogP contribution in [0.5, 0.6) is 0 Å². The summed E-state index contributed by atoms with van der Waals surface area (Å²) in [4.78, 5) is 31.8. The third kappa shape index (κ3) is 6.79. The number of carbonyl (C=O) groups is 2. The van der Waals surface area contributed by atoms with Gasteiger partial charge in [-0.15, -0.1) is 0 Å². The maximum atomic E-state index is 13.2. The van der Waals surface area contributed by atoms with E-state index in [4.69, 9.17) is 4.74 Å². The largest absolute Gasteiger partial charge is 0.379 e. The van der Waals surface area contributed by atoms with E-state index in [0.717, 1.165) is 71.3 Å². The van der Waals surface area contributed by atoms with Crippen molar-refractivity contribution in [2.24, 2.45) is 0 Å². The molecule has 2 heterocycles. The summed E-state index contributed by atoms with van der Waals surface area (Å²) >= 11 is 0. The highest BCUT2D eigenvalue weighted by atomic mass is 16.5. The van der Waals surface area contributed by atoms with Gasteiger partial charge in [-0.1, -0.05) is 30.3 Å². The lowest BCUT2D eigenvalue weighted by atomic mass is 10.1. The fraction of sp³-hybridized carbons (Fsp3) is 0.462. The average molecular weight is 466 g/mol. The Labute approximate surface area is 201 Å². The molecule has 2 amide bonds. The molecule has 0 aromatic heterocycles. The number of rotatable bonds is 8. The Kier molecular flexibility index (Phi) is 8.51. The molecule has 4 rings (SSSR count). The van der Waals surface area contributed by atoms with Gasteiger partial charge in [0.2, 0.25) is 5.91 Å². The summed E-state index contributed by atoms with van der Waals surface area (Å²) in [6.07, 6.45) is 0. The molecule has 2 fully saturated rings. The number of hydrogen-bond donors (Lipinski definition) is 2. The highest BCUT2D eigenvalue weighted by Gasteiger charge is 2.22. The molecule has 2 aliphatic rings. The van der Waals surface area contributed by atoms with Crippen molar-refractivity contribution in [3.8, 4) is 0 Å². The fourth-order valence-electron chi connectivity index (χ4n) is 4.51. The second-order valence-electron chi connectivity index (χ2n) is 8.87. The van der Waals surface area contributed by atoms with Crippen LogP contribution in [0.2, 0.25) is 0 Å². The molecule has 8 heteroatoms. The molecule has 34 heavy (non-hydrogen) atoms. The van der Waals surface area contributed by atoms with Gasteiger partial charge in [0.15, 0.2) is 0 Å². The van der Waals surface area contributed by atoms with Gasteiger partial charge in [0.1, 0.15) is 0 Å². The Morgan fingerprint density at radius 3 is 2.35 bits per heavy atom. The maximum Gasteiger partial charge on any atom is 0.253 e. The number of piperazine rings is 1. The van der Waals surface area contributed by atoms with Crippen molar-refractivity contribution in [2.75, 3.05) is 75.8 Å². The van der Waals surface area contributed by atoms with Crippen LogP contribution in [0.25, 0.3) is 0 Å². The zero-order valence-corrected chi connectivity index (χ0v) is 20.0. The highest BCUT2D eigenvalue weighted by molar-refractivity contribution is 6.02. The lowest BCUT2D eigenvalue weighted by Crippen LogP contribution is -2.46. The van der Waals surface area contributed by atoms with Crippen molar-refractivity contribution < 1.29 is 14.3 Å². The smallest absolute Gasteiger partial charge is 0.253 e. The van der Waals surface area contributed by atoms with Crippen LogP contribution in [-0.2, 0) is 16.1 Å². The number of nitrogens with one attached hydrogen (secondary N) is 2. The van der Waals surface area contributed by atoms with Gasteiger partial charge in [0.25, 0.3) is 5.91 Å². The standard InChI is InChI=1S/C26H35N5O3/c1-21(32)28-23-7-8-25(24(19-23)26(33)27-9-10-29-15-17-34-18-16-29)31-13-11-30(12-14-31)20-22-5-3-2-4-6-22/h2-8,19H,9-18,20H2,1H3,(H,27,33)(H,28,32). The number of ether oxygens (including phenoxy) is 1. The van der Waals surface area contributed by atoms with Gasteiger partial charge in [0, 0.05) is 77.2 Å². The van der Waals surface area contributed by atoms with Crippen molar-refractivity contribution >= 4 is 23.2 Å². The first-order valence-corrected chi connectivity index (χ1v) is 12.1. The molecule has 2 aliphatic heterocycles. The van der Waals surface area contributed by atoms with E-state index in [1.54, 1.807) is 6.07 Å². The van der Waals surface area contributed by atoms with Crippen LogP contribution in [0.4, 0.5) is 11.4 Å². The third-order valence-corrected chi connectivity index (χ3v) is 6.34. The van der Waals surface area contributed by atoms with Crippen LogP contribution >= 0.6 is 0 Å². The molecule has 0 radical (unpaired) electrons. The summed E-state index contributed by atoms with van der Waals surface area (Å²) in [5, 5.41) is 5.88. The highest BCUT2D eigenvalue weighted by Crippen LogP contribution is 2.26. The number of anilines is 2. The van der Waals surface area contributed by atoms with Gasteiger partial charge in [0.05, 0.1) is 18.8 Å². The Morgan fingerprint density at radius 2 is 1.65 bits per heavy atom. The first-order chi connectivity index (χ1) is 16.6. The molecule has 0 atom stereocenters. The predicted octanol–water partition coefficient (Wildman–Crippen LogP) is 2.03. The molecule has 0 spiro atoms. The molecule has 182 valence electrons. The molecule has 2 saturated heterocycles. The molecule has 0 aliphatic carbocycles. The van der Waals surface area contributed by atoms with E-state index >= 15 is 0 Å². The normalized spacial score (nSPS) is 17.4. The van der Waals surface area contributed by atoms with Crippen LogP contribution in [0.3, 0.4) is 0 Å². The molecule has 0 bridgehead atoms. The van der Waals surface area contributed by atoms with E-state index in [9.17, 15) is 9.59 Å². The Hall–Kier alpha value is -2.94. The SMILES string of the molecule is CC(=O)Nc1ccc(N2CCN(Cc3ccccc3)CC2)c(C(=O)NCCN2CCOCC2)c1. The number of carbonyl (C=O) groups excluding carboxylic acids is 2. The minimum Gasteiger partial charge on any atom is -0.379 e. The Balaban J connectivity index is 1.40. The fourth-order valence-corrected chi connectivity index (χ4v) is 4.51. The van der Waals surface area contributed by atoms with Crippen LogP contribution in [0, 0.1) is 0 Å². The molecule has 0 unspecified atom stereocenters. The van der Waals surface area contributed by atoms with Gasteiger partial charge >= 0.3 is 0 Å². The minimum atomic E-state index is -0.152. The van der Waals surface area contributed by atoms with Crippen molar-refractivity contribution in [1.29, 1.82) is 0 Å². The van der Waals surface area contributed by atoms with Crippen LogP contribution < -0.4 is 15.5 Å². The molecule has 2 N–H and O–H groups in total. The average Bonchev–Trinajstić information content (AvgIpc) is 2.85. The number of benzene rings is 2. The van der Waals surface area contributed by atoms with Gasteiger partial charge in [-0.25, -0.2) is 0 Å². The topological polar surface area (TPSA) is 77.2 Å². The van der Waals surface area contributed by atoms with Crippen molar-refractivity contribution in [1.82, 2.24) is 15.1 Å².